The first kappa shape index (κ1) is 32.0. The summed E-state index contributed by atoms with van der Waals surface area (Å²) in [5.74, 6) is -2.50. The Labute approximate surface area is 204 Å². The Morgan fingerprint density at radius 1 is 0.743 bits per heavy atom. The van der Waals surface area contributed by atoms with Crippen molar-refractivity contribution in [1.29, 1.82) is 0 Å². The van der Waals surface area contributed by atoms with Crippen LogP contribution in [-0.4, -0.2) is 37.9 Å². The van der Waals surface area contributed by atoms with Gasteiger partial charge in [0.05, 0.1) is 11.1 Å². The van der Waals surface area contributed by atoms with E-state index in [-0.39, 0.29) is 6.42 Å². The van der Waals surface area contributed by atoms with Gasteiger partial charge in [0.15, 0.2) is 0 Å². The second kappa shape index (κ2) is 17.4. The number of rotatable bonds is 10. The number of carboxylic acid groups (broad SMARTS) is 2. The number of benzene rings is 2. The van der Waals surface area contributed by atoms with Gasteiger partial charge in [0.2, 0.25) is 0 Å². The van der Waals surface area contributed by atoms with E-state index in [4.69, 9.17) is 20.0 Å². The van der Waals surface area contributed by atoms with Crippen molar-refractivity contribution in [2.45, 2.75) is 59.3 Å². The maximum atomic E-state index is 10.8. The largest absolute Gasteiger partial charge is 0.505 e. The standard InChI is InChI=1S/C8H17O6P.2C8H8O2/c1-2-3-4-5-6-7-8(9)13-14-15(10,11)12;2*1-6-2-4-7(5-3-6)8(9)10/h2-7H2,1H3,(H2,10,11,12);2*2-5H,1H3,(H,9,10). The summed E-state index contributed by atoms with van der Waals surface area (Å²) >= 11 is 0. The highest BCUT2D eigenvalue weighted by Gasteiger charge is 2.18. The number of carboxylic acids is 2. The van der Waals surface area contributed by atoms with Gasteiger partial charge in [-0.25, -0.2) is 18.9 Å². The van der Waals surface area contributed by atoms with E-state index in [1.165, 1.54) is 0 Å². The highest BCUT2D eigenvalue weighted by Crippen LogP contribution is 2.36. The highest BCUT2D eigenvalue weighted by molar-refractivity contribution is 7.46. The van der Waals surface area contributed by atoms with Crippen molar-refractivity contribution in [2.24, 2.45) is 0 Å². The van der Waals surface area contributed by atoms with Crippen molar-refractivity contribution < 1.29 is 48.5 Å². The summed E-state index contributed by atoms with van der Waals surface area (Å²) in [4.78, 5) is 51.8. The SMILES string of the molecule is CCCCCCCC(=O)OOP(=O)(O)O.Cc1ccc(C(=O)O)cc1.Cc1ccc(C(=O)O)cc1. The van der Waals surface area contributed by atoms with Crippen LogP contribution < -0.4 is 0 Å². The van der Waals surface area contributed by atoms with Gasteiger partial charge < -0.3 is 20.0 Å². The van der Waals surface area contributed by atoms with Gasteiger partial charge >= 0.3 is 25.7 Å². The predicted molar refractivity (Wildman–Crippen MR) is 129 cm³/mol. The summed E-state index contributed by atoms with van der Waals surface area (Å²) in [6, 6.07) is 13.5. The molecule has 10 nitrogen and oxygen atoms in total. The van der Waals surface area contributed by atoms with E-state index in [1.807, 2.05) is 13.8 Å². The molecule has 11 heteroatoms. The number of carbonyl (C=O) groups is 3. The Morgan fingerprint density at radius 3 is 1.49 bits per heavy atom. The van der Waals surface area contributed by atoms with Crippen LogP contribution in [-0.2, 0) is 18.9 Å². The van der Waals surface area contributed by atoms with Crippen LogP contribution in [0.25, 0.3) is 0 Å². The van der Waals surface area contributed by atoms with Crippen LogP contribution in [0.5, 0.6) is 0 Å². The van der Waals surface area contributed by atoms with Crippen molar-refractivity contribution in [2.75, 3.05) is 0 Å². The number of aryl methyl sites for hydroxylation is 2. The summed E-state index contributed by atoms with van der Waals surface area (Å²) in [6.45, 7) is 5.93. The maximum Gasteiger partial charge on any atom is 0.505 e. The van der Waals surface area contributed by atoms with Gasteiger partial charge in [-0.2, -0.15) is 0 Å². The van der Waals surface area contributed by atoms with Crippen LogP contribution in [0.15, 0.2) is 48.5 Å². The summed E-state index contributed by atoms with van der Waals surface area (Å²) < 4.78 is 13.7. The Bertz CT molecular complexity index is 894. The lowest BCUT2D eigenvalue weighted by Gasteiger charge is -2.03. The molecule has 2 aromatic rings. The van der Waals surface area contributed by atoms with Crippen molar-refractivity contribution in [1.82, 2.24) is 0 Å². The molecule has 0 aliphatic heterocycles. The Balaban J connectivity index is 0.000000510. The van der Waals surface area contributed by atoms with Crippen LogP contribution in [0, 0.1) is 13.8 Å². The fourth-order valence-electron chi connectivity index (χ4n) is 2.40. The lowest BCUT2D eigenvalue weighted by Crippen LogP contribution is -2.03. The molecule has 0 saturated carbocycles. The molecule has 35 heavy (non-hydrogen) atoms. The monoisotopic (exact) mass is 512 g/mol. The Kier molecular flexibility index (Phi) is 15.9. The van der Waals surface area contributed by atoms with Gasteiger partial charge in [0, 0.05) is 6.42 Å². The fraction of sp³-hybridized carbons (Fsp3) is 0.375. The van der Waals surface area contributed by atoms with Crippen molar-refractivity contribution >= 4 is 25.7 Å². The van der Waals surface area contributed by atoms with E-state index in [9.17, 15) is 18.9 Å². The maximum absolute atomic E-state index is 10.8. The number of hydrogen-bond donors (Lipinski definition) is 4. The van der Waals surface area contributed by atoms with Crippen molar-refractivity contribution in [3.05, 3.63) is 70.8 Å². The number of hydrogen-bond acceptors (Lipinski definition) is 6. The molecular formula is C24H33O10P. The van der Waals surface area contributed by atoms with Gasteiger partial charge in [-0.3, -0.25) is 4.89 Å². The third-order valence-corrected chi connectivity index (χ3v) is 4.58. The molecule has 0 aromatic heterocycles. The zero-order valence-corrected chi connectivity index (χ0v) is 20.9. The van der Waals surface area contributed by atoms with E-state index >= 15 is 0 Å². The average Bonchev–Trinajstić information content (AvgIpc) is 2.78. The predicted octanol–water partition coefficient (Wildman–Crippen LogP) is 5.30. The molecule has 0 unspecified atom stereocenters. The Hall–Kier alpha value is -3.04. The zero-order valence-electron chi connectivity index (χ0n) is 20.0. The summed E-state index contributed by atoms with van der Waals surface area (Å²) in [5, 5.41) is 17.0. The topological polar surface area (TPSA) is 168 Å². The molecule has 2 aromatic carbocycles. The number of aromatic carboxylic acids is 2. The van der Waals surface area contributed by atoms with E-state index in [1.54, 1.807) is 48.5 Å². The van der Waals surface area contributed by atoms with Gasteiger partial charge in [-0.1, -0.05) is 72.7 Å². The second-order valence-corrected chi connectivity index (χ2v) is 8.66. The first-order valence-corrected chi connectivity index (χ1v) is 12.4. The molecule has 0 fully saturated rings. The summed E-state index contributed by atoms with van der Waals surface area (Å²) in [7, 11) is -4.71. The molecule has 0 atom stereocenters. The quantitative estimate of drug-likeness (QED) is 0.142. The lowest BCUT2D eigenvalue weighted by atomic mass is 10.1. The average molecular weight is 512 g/mol. The fourth-order valence-corrected chi connectivity index (χ4v) is 2.58. The van der Waals surface area contributed by atoms with Crippen LogP contribution in [0.3, 0.4) is 0 Å². The van der Waals surface area contributed by atoms with Gasteiger partial charge in [0.1, 0.15) is 0 Å². The molecule has 2 rings (SSSR count). The number of unbranched alkanes of at least 4 members (excludes halogenated alkanes) is 4. The molecule has 0 aliphatic rings. The zero-order chi connectivity index (χ0) is 26.9. The minimum Gasteiger partial charge on any atom is -0.478 e. The number of phosphoric acid groups is 1. The molecule has 194 valence electrons. The molecular weight excluding hydrogens is 479 g/mol. The smallest absolute Gasteiger partial charge is 0.478 e. The molecule has 0 amide bonds. The van der Waals surface area contributed by atoms with Crippen LogP contribution >= 0.6 is 7.82 Å². The van der Waals surface area contributed by atoms with Crippen molar-refractivity contribution in [3.8, 4) is 0 Å². The minimum absolute atomic E-state index is 0.115. The van der Waals surface area contributed by atoms with E-state index in [0.29, 0.717) is 17.5 Å². The molecule has 4 N–H and O–H groups in total. The Morgan fingerprint density at radius 2 is 1.14 bits per heavy atom. The molecule has 0 spiro atoms. The summed E-state index contributed by atoms with van der Waals surface area (Å²) in [5.41, 5.74) is 2.83. The third kappa shape index (κ3) is 18.0. The second-order valence-electron chi connectivity index (χ2n) is 7.53. The van der Waals surface area contributed by atoms with E-state index in [0.717, 1.165) is 36.8 Å². The first-order valence-electron chi connectivity index (χ1n) is 10.9. The van der Waals surface area contributed by atoms with Gasteiger partial charge in [-0.15, -0.1) is 0 Å². The number of carbonyl (C=O) groups excluding carboxylic acids is 1. The first-order chi connectivity index (χ1) is 16.4. The van der Waals surface area contributed by atoms with E-state index in [2.05, 4.69) is 16.5 Å². The lowest BCUT2D eigenvalue weighted by molar-refractivity contribution is -0.222. The molecule has 0 heterocycles. The molecule has 0 aliphatic carbocycles. The normalized spacial score (nSPS) is 10.2. The van der Waals surface area contributed by atoms with Crippen molar-refractivity contribution in [3.63, 3.8) is 0 Å². The highest BCUT2D eigenvalue weighted by atomic mass is 31.2. The van der Waals surface area contributed by atoms with Crippen LogP contribution in [0.4, 0.5) is 0 Å². The molecule has 0 radical (unpaired) electrons. The molecule has 0 bridgehead atoms. The van der Waals surface area contributed by atoms with Gasteiger partial charge in [-0.05, 0) is 44.5 Å². The molecule has 0 saturated heterocycles. The van der Waals surface area contributed by atoms with Crippen LogP contribution in [0.1, 0.15) is 77.3 Å². The van der Waals surface area contributed by atoms with Crippen LogP contribution in [0.2, 0.25) is 0 Å². The van der Waals surface area contributed by atoms with E-state index < -0.39 is 25.7 Å². The van der Waals surface area contributed by atoms with Gasteiger partial charge in [0.25, 0.3) is 0 Å². The summed E-state index contributed by atoms with van der Waals surface area (Å²) in [6.07, 6.45) is 4.94. The minimum atomic E-state index is -4.71. The third-order valence-electron chi connectivity index (χ3n) is 4.31.